The van der Waals surface area contributed by atoms with Gasteiger partial charge in [-0.1, -0.05) is 0 Å². The number of carbonyl (C=O) groups is 1. The summed E-state index contributed by atoms with van der Waals surface area (Å²) in [7, 11) is 0. The van der Waals surface area contributed by atoms with Gasteiger partial charge in [-0.25, -0.2) is 9.97 Å². The molecule has 128 valence electrons. The first kappa shape index (κ1) is 15.5. The summed E-state index contributed by atoms with van der Waals surface area (Å²) in [4.78, 5) is 30.4. The lowest BCUT2D eigenvalue weighted by molar-refractivity contribution is -0.0245. The number of imidazole rings is 1. The Balaban J connectivity index is 1.57. The van der Waals surface area contributed by atoms with Gasteiger partial charge in [-0.15, -0.1) is 0 Å². The Morgan fingerprint density at radius 1 is 1.36 bits per heavy atom. The molecule has 0 spiro atoms. The topological polar surface area (TPSA) is 110 Å². The molecular formula is C17H18N6O2. The Kier molecular flexibility index (Phi) is 3.81. The first-order chi connectivity index (χ1) is 12.1. The van der Waals surface area contributed by atoms with Gasteiger partial charge >= 0.3 is 0 Å². The van der Waals surface area contributed by atoms with Gasteiger partial charge in [-0.05, 0) is 25.1 Å². The van der Waals surface area contributed by atoms with Crippen molar-refractivity contribution < 1.29 is 9.53 Å². The van der Waals surface area contributed by atoms with Gasteiger partial charge in [-0.2, -0.15) is 0 Å². The van der Waals surface area contributed by atoms with E-state index in [-0.39, 0.29) is 12.0 Å². The van der Waals surface area contributed by atoms with E-state index in [1.165, 1.54) is 6.20 Å². The predicted octanol–water partition coefficient (Wildman–Crippen LogP) is 1.46. The molecule has 4 rings (SSSR count). The number of rotatable bonds is 2. The molecule has 1 amide bonds. The van der Waals surface area contributed by atoms with Crippen molar-refractivity contribution in [1.29, 1.82) is 0 Å². The number of morpholine rings is 1. The lowest BCUT2D eigenvalue weighted by Gasteiger charge is -2.32. The van der Waals surface area contributed by atoms with Crippen LogP contribution in [0.25, 0.3) is 11.0 Å². The smallest absolute Gasteiger partial charge is 0.254 e. The fourth-order valence-electron chi connectivity index (χ4n) is 3.06. The standard InChI is InChI=1S/C17H18N6O2/c1-10-21-12-3-2-11(8-13(12)22-10)17(24)23-6-7-25-14(9-23)15-16(18)20-5-4-19-15/h2-5,8,14H,6-7,9H2,1H3,(H2,18,20)(H,21,22). The molecule has 1 aromatic carbocycles. The van der Waals surface area contributed by atoms with Crippen LogP contribution in [0.2, 0.25) is 0 Å². The number of carbonyl (C=O) groups excluding carboxylic acids is 1. The quantitative estimate of drug-likeness (QED) is 0.732. The Hall–Kier alpha value is -3.00. The number of hydrogen-bond acceptors (Lipinski definition) is 6. The van der Waals surface area contributed by atoms with Gasteiger partial charge in [0, 0.05) is 24.5 Å². The average molecular weight is 338 g/mol. The number of aromatic amines is 1. The molecule has 25 heavy (non-hydrogen) atoms. The highest BCUT2D eigenvalue weighted by Crippen LogP contribution is 2.25. The molecule has 3 aromatic rings. The van der Waals surface area contributed by atoms with Crippen LogP contribution in [-0.2, 0) is 4.74 Å². The van der Waals surface area contributed by atoms with Gasteiger partial charge in [0.05, 0.1) is 24.2 Å². The van der Waals surface area contributed by atoms with Crippen LogP contribution in [0, 0.1) is 6.92 Å². The van der Waals surface area contributed by atoms with Gasteiger partial charge in [0.1, 0.15) is 23.4 Å². The van der Waals surface area contributed by atoms with Crippen LogP contribution in [0.1, 0.15) is 28.0 Å². The number of hydrogen-bond donors (Lipinski definition) is 2. The number of amides is 1. The molecule has 0 bridgehead atoms. The largest absolute Gasteiger partial charge is 0.382 e. The minimum absolute atomic E-state index is 0.0510. The molecular weight excluding hydrogens is 320 g/mol. The third-order valence-corrected chi connectivity index (χ3v) is 4.26. The molecule has 1 aliphatic rings. The van der Waals surface area contributed by atoms with E-state index in [0.717, 1.165) is 16.9 Å². The van der Waals surface area contributed by atoms with E-state index in [1.54, 1.807) is 17.2 Å². The SMILES string of the molecule is Cc1nc2ccc(C(=O)N3CCOC(c4nccnc4N)C3)cc2[nH]1. The molecule has 3 N–H and O–H groups in total. The number of nitrogen functional groups attached to an aromatic ring is 1. The van der Waals surface area contributed by atoms with Crippen molar-refractivity contribution in [2.24, 2.45) is 0 Å². The lowest BCUT2D eigenvalue weighted by atomic mass is 10.1. The van der Waals surface area contributed by atoms with Crippen LogP contribution in [0.5, 0.6) is 0 Å². The maximum atomic E-state index is 12.9. The van der Waals surface area contributed by atoms with Crippen molar-refractivity contribution in [3.05, 3.63) is 47.7 Å². The fourth-order valence-corrected chi connectivity index (χ4v) is 3.06. The highest BCUT2D eigenvalue weighted by molar-refractivity contribution is 5.97. The van der Waals surface area contributed by atoms with Crippen molar-refractivity contribution in [1.82, 2.24) is 24.8 Å². The van der Waals surface area contributed by atoms with Gasteiger partial charge in [0.25, 0.3) is 5.91 Å². The molecule has 2 aromatic heterocycles. The number of aromatic nitrogens is 4. The van der Waals surface area contributed by atoms with E-state index >= 15 is 0 Å². The van der Waals surface area contributed by atoms with Crippen LogP contribution in [0.4, 0.5) is 5.82 Å². The summed E-state index contributed by atoms with van der Waals surface area (Å²) in [6, 6.07) is 5.48. The molecule has 1 saturated heterocycles. The maximum absolute atomic E-state index is 12.9. The summed E-state index contributed by atoms with van der Waals surface area (Å²) in [5.74, 6) is 1.10. The number of nitrogens with one attached hydrogen (secondary N) is 1. The Labute approximate surface area is 144 Å². The first-order valence-electron chi connectivity index (χ1n) is 8.05. The molecule has 0 aliphatic carbocycles. The summed E-state index contributed by atoms with van der Waals surface area (Å²) < 4.78 is 5.74. The van der Waals surface area contributed by atoms with E-state index < -0.39 is 0 Å². The Bertz CT molecular complexity index is 938. The van der Waals surface area contributed by atoms with Crippen LogP contribution < -0.4 is 5.73 Å². The first-order valence-corrected chi connectivity index (χ1v) is 8.05. The van der Waals surface area contributed by atoms with Gasteiger partial charge in [-0.3, -0.25) is 9.78 Å². The zero-order chi connectivity index (χ0) is 17.4. The van der Waals surface area contributed by atoms with E-state index in [0.29, 0.717) is 36.8 Å². The van der Waals surface area contributed by atoms with Crippen LogP contribution in [0.15, 0.2) is 30.6 Å². The minimum Gasteiger partial charge on any atom is -0.382 e. The number of ether oxygens (including phenoxy) is 1. The van der Waals surface area contributed by atoms with Gasteiger partial charge in [0.2, 0.25) is 0 Å². The average Bonchev–Trinajstić information content (AvgIpc) is 3.00. The van der Waals surface area contributed by atoms with Crippen molar-refractivity contribution in [2.75, 3.05) is 25.4 Å². The third kappa shape index (κ3) is 2.91. The van der Waals surface area contributed by atoms with Crippen LogP contribution in [0.3, 0.4) is 0 Å². The maximum Gasteiger partial charge on any atom is 0.254 e. The summed E-state index contributed by atoms with van der Waals surface area (Å²) >= 11 is 0. The Morgan fingerprint density at radius 2 is 2.20 bits per heavy atom. The van der Waals surface area contributed by atoms with Gasteiger partial charge < -0.3 is 20.4 Å². The molecule has 0 radical (unpaired) electrons. The molecule has 1 unspecified atom stereocenters. The van der Waals surface area contributed by atoms with Crippen molar-refractivity contribution in [3.63, 3.8) is 0 Å². The monoisotopic (exact) mass is 338 g/mol. The summed E-state index contributed by atoms with van der Waals surface area (Å²) in [6.45, 7) is 3.23. The highest BCUT2D eigenvalue weighted by Gasteiger charge is 2.28. The number of anilines is 1. The molecule has 0 saturated carbocycles. The molecule has 8 nitrogen and oxygen atoms in total. The number of nitrogens with zero attached hydrogens (tertiary/aromatic N) is 4. The zero-order valence-electron chi connectivity index (χ0n) is 13.8. The number of benzene rings is 1. The molecule has 1 aliphatic heterocycles. The van der Waals surface area contributed by atoms with E-state index in [1.807, 2.05) is 19.1 Å². The van der Waals surface area contributed by atoms with Crippen molar-refractivity contribution in [2.45, 2.75) is 13.0 Å². The van der Waals surface area contributed by atoms with E-state index in [2.05, 4.69) is 19.9 Å². The summed E-state index contributed by atoms with van der Waals surface area (Å²) in [6.07, 6.45) is 2.74. The fraction of sp³-hybridized carbons (Fsp3) is 0.294. The van der Waals surface area contributed by atoms with E-state index in [4.69, 9.17) is 10.5 Å². The molecule has 1 atom stereocenters. The second-order valence-corrected chi connectivity index (χ2v) is 5.99. The summed E-state index contributed by atoms with van der Waals surface area (Å²) in [5.41, 5.74) is 8.77. The van der Waals surface area contributed by atoms with E-state index in [9.17, 15) is 4.79 Å². The molecule has 1 fully saturated rings. The van der Waals surface area contributed by atoms with Gasteiger partial charge in [0.15, 0.2) is 0 Å². The van der Waals surface area contributed by atoms with Crippen molar-refractivity contribution in [3.8, 4) is 0 Å². The number of fused-ring (bicyclic) bond motifs is 1. The predicted molar refractivity (Wildman–Crippen MR) is 91.9 cm³/mol. The second-order valence-electron chi connectivity index (χ2n) is 5.99. The minimum atomic E-state index is -0.371. The highest BCUT2D eigenvalue weighted by atomic mass is 16.5. The number of H-pyrrole nitrogens is 1. The molecule has 3 heterocycles. The van der Waals surface area contributed by atoms with Crippen LogP contribution in [-0.4, -0.2) is 50.4 Å². The third-order valence-electron chi connectivity index (χ3n) is 4.26. The Morgan fingerprint density at radius 3 is 3.04 bits per heavy atom. The number of nitrogens with two attached hydrogens (primary N) is 1. The number of aryl methyl sites for hydroxylation is 1. The summed E-state index contributed by atoms with van der Waals surface area (Å²) in [5, 5.41) is 0. The van der Waals surface area contributed by atoms with Crippen molar-refractivity contribution >= 4 is 22.8 Å². The normalized spacial score (nSPS) is 17.8. The van der Waals surface area contributed by atoms with Crippen LogP contribution >= 0.6 is 0 Å². The molecule has 8 heteroatoms. The second kappa shape index (κ2) is 6.14. The zero-order valence-corrected chi connectivity index (χ0v) is 13.8. The lowest BCUT2D eigenvalue weighted by Crippen LogP contribution is -2.42.